The zero-order valence-corrected chi connectivity index (χ0v) is 12.3. The fourth-order valence-electron chi connectivity index (χ4n) is 2.85. The lowest BCUT2D eigenvalue weighted by Crippen LogP contribution is -2.47. The lowest BCUT2D eigenvalue weighted by molar-refractivity contribution is 0.139. The van der Waals surface area contributed by atoms with Gasteiger partial charge in [0.15, 0.2) is 0 Å². The van der Waals surface area contributed by atoms with Crippen LogP contribution in [-0.2, 0) is 4.74 Å². The molecule has 1 aromatic carbocycles. The Morgan fingerprint density at radius 3 is 2.60 bits per heavy atom. The predicted molar refractivity (Wildman–Crippen MR) is 82.2 cm³/mol. The number of methoxy groups -OCH3 is 1. The van der Waals surface area contributed by atoms with Crippen molar-refractivity contribution < 1.29 is 9.84 Å². The van der Waals surface area contributed by atoms with E-state index < -0.39 is 0 Å². The summed E-state index contributed by atoms with van der Waals surface area (Å²) >= 11 is 0. The molecule has 0 spiro atoms. The van der Waals surface area contributed by atoms with Crippen molar-refractivity contribution in [1.82, 2.24) is 5.32 Å². The average Bonchev–Trinajstić information content (AvgIpc) is 2.49. The fourth-order valence-corrected chi connectivity index (χ4v) is 2.85. The second-order valence-corrected chi connectivity index (χ2v) is 5.43. The minimum Gasteiger partial charge on any atom is -0.396 e. The molecule has 20 heavy (non-hydrogen) atoms. The second-order valence-electron chi connectivity index (χ2n) is 5.43. The van der Waals surface area contributed by atoms with E-state index in [1.165, 1.54) is 5.69 Å². The summed E-state index contributed by atoms with van der Waals surface area (Å²) in [6.07, 6.45) is 3.04. The minimum absolute atomic E-state index is 0.212. The summed E-state index contributed by atoms with van der Waals surface area (Å²) in [6.45, 7) is 3.05. The molecule has 0 aromatic heterocycles. The number of para-hydroxylation sites is 1. The maximum absolute atomic E-state index is 9.08. The minimum atomic E-state index is 0.212. The van der Waals surface area contributed by atoms with Gasteiger partial charge in [0.25, 0.3) is 0 Å². The van der Waals surface area contributed by atoms with E-state index >= 15 is 0 Å². The van der Waals surface area contributed by atoms with Crippen molar-refractivity contribution in [2.24, 2.45) is 0 Å². The molecule has 1 fully saturated rings. The van der Waals surface area contributed by atoms with Gasteiger partial charge in [0.1, 0.15) is 0 Å². The highest BCUT2D eigenvalue weighted by Gasteiger charge is 2.21. The van der Waals surface area contributed by atoms with Gasteiger partial charge >= 0.3 is 0 Å². The van der Waals surface area contributed by atoms with Crippen LogP contribution in [0.5, 0.6) is 0 Å². The van der Waals surface area contributed by atoms with E-state index in [-0.39, 0.29) is 12.6 Å². The molecule has 1 aromatic rings. The number of anilines is 1. The molecule has 1 unspecified atom stereocenters. The molecule has 112 valence electrons. The van der Waals surface area contributed by atoms with E-state index in [0.717, 1.165) is 32.4 Å². The summed E-state index contributed by atoms with van der Waals surface area (Å²) < 4.78 is 5.20. The van der Waals surface area contributed by atoms with Crippen LogP contribution in [-0.4, -0.2) is 50.6 Å². The van der Waals surface area contributed by atoms with Crippen LogP contribution in [0.15, 0.2) is 30.3 Å². The topological polar surface area (TPSA) is 44.7 Å². The van der Waals surface area contributed by atoms with Crippen molar-refractivity contribution in [3.05, 3.63) is 30.3 Å². The second kappa shape index (κ2) is 8.25. The number of nitrogens with zero attached hydrogens (tertiary/aromatic N) is 1. The van der Waals surface area contributed by atoms with Crippen LogP contribution in [0.2, 0.25) is 0 Å². The van der Waals surface area contributed by atoms with Crippen molar-refractivity contribution in [2.45, 2.75) is 31.3 Å². The van der Waals surface area contributed by atoms with E-state index in [1.807, 2.05) is 0 Å². The van der Waals surface area contributed by atoms with Crippen LogP contribution in [0.1, 0.15) is 19.3 Å². The highest BCUT2D eigenvalue weighted by molar-refractivity contribution is 5.46. The maximum atomic E-state index is 9.08. The average molecular weight is 278 g/mol. The molecular weight excluding hydrogens is 252 g/mol. The molecule has 1 atom stereocenters. The van der Waals surface area contributed by atoms with Crippen molar-refractivity contribution in [3.8, 4) is 0 Å². The summed E-state index contributed by atoms with van der Waals surface area (Å²) in [6, 6.07) is 11.4. The first-order chi connectivity index (χ1) is 9.83. The van der Waals surface area contributed by atoms with Gasteiger partial charge in [0.2, 0.25) is 0 Å². The Balaban J connectivity index is 1.79. The van der Waals surface area contributed by atoms with Crippen LogP contribution in [0, 0.1) is 0 Å². The van der Waals surface area contributed by atoms with Crippen LogP contribution < -0.4 is 10.2 Å². The maximum Gasteiger partial charge on any atom is 0.0616 e. The number of hydrogen-bond acceptors (Lipinski definition) is 4. The van der Waals surface area contributed by atoms with Crippen molar-refractivity contribution in [1.29, 1.82) is 0 Å². The van der Waals surface area contributed by atoms with Gasteiger partial charge in [-0.2, -0.15) is 0 Å². The zero-order chi connectivity index (χ0) is 14.2. The smallest absolute Gasteiger partial charge is 0.0616 e. The largest absolute Gasteiger partial charge is 0.396 e. The monoisotopic (exact) mass is 278 g/mol. The Morgan fingerprint density at radius 2 is 2.00 bits per heavy atom. The summed E-state index contributed by atoms with van der Waals surface area (Å²) in [5.74, 6) is 0. The quantitative estimate of drug-likeness (QED) is 0.796. The molecule has 2 rings (SSSR count). The number of aliphatic hydroxyl groups is 1. The van der Waals surface area contributed by atoms with Gasteiger partial charge in [-0.05, 0) is 31.4 Å². The van der Waals surface area contributed by atoms with Crippen LogP contribution >= 0.6 is 0 Å². The van der Waals surface area contributed by atoms with Crippen molar-refractivity contribution in [2.75, 3.05) is 38.3 Å². The van der Waals surface area contributed by atoms with Gasteiger partial charge in [0.05, 0.1) is 6.61 Å². The third-order valence-electron chi connectivity index (χ3n) is 3.93. The number of nitrogens with one attached hydrogen (secondary N) is 1. The highest BCUT2D eigenvalue weighted by atomic mass is 16.5. The molecule has 1 aliphatic heterocycles. The van der Waals surface area contributed by atoms with Crippen LogP contribution in [0.25, 0.3) is 0 Å². The van der Waals surface area contributed by atoms with Gasteiger partial charge in [-0.3, -0.25) is 0 Å². The van der Waals surface area contributed by atoms with Crippen molar-refractivity contribution >= 4 is 5.69 Å². The lowest BCUT2D eigenvalue weighted by atomic mass is 10.0. The van der Waals surface area contributed by atoms with Gasteiger partial charge < -0.3 is 20.1 Å². The molecule has 1 saturated heterocycles. The number of aliphatic hydroxyl groups excluding tert-OH is 1. The van der Waals surface area contributed by atoms with Gasteiger partial charge in [-0.15, -0.1) is 0 Å². The summed E-state index contributed by atoms with van der Waals surface area (Å²) in [5, 5.41) is 12.7. The molecule has 0 bridgehead atoms. The number of hydrogen-bond donors (Lipinski definition) is 2. The molecule has 0 saturated carbocycles. The summed E-state index contributed by atoms with van der Waals surface area (Å²) in [4.78, 5) is 2.44. The predicted octanol–water partition coefficient (Wildman–Crippen LogP) is 1.64. The van der Waals surface area contributed by atoms with E-state index in [9.17, 15) is 0 Å². The zero-order valence-electron chi connectivity index (χ0n) is 12.3. The van der Waals surface area contributed by atoms with Gasteiger partial charge in [0, 0.05) is 44.6 Å². The van der Waals surface area contributed by atoms with E-state index in [1.54, 1.807) is 7.11 Å². The number of benzene rings is 1. The molecule has 4 nitrogen and oxygen atoms in total. The van der Waals surface area contributed by atoms with E-state index in [2.05, 4.69) is 40.5 Å². The Kier molecular flexibility index (Phi) is 6.30. The molecule has 0 radical (unpaired) electrons. The van der Waals surface area contributed by atoms with Crippen LogP contribution in [0.3, 0.4) is 0 Å². The first kappa shape index (κ1) is 15.3. The first-order valence-electron chi connectivity index (χ1n) is 7.49. The third-order valence-corrected chi connectivity index (χ3v) is 3.93. The first-order valence-corrected chi connectivity index (χ1v) is 7.49. The fraction of sp³-hybridized carbons (Fsp3) is 0.625. The molecule has 0 amide bonds. The van der Waals surface area contributed by atoms with Gasteiger partial charge in [-0.1, -0.05) is 18.2 Å². The number of piperidine rings is 1. The SMILES string of the molecule is COCC(CCO)NC1CCN(c2ccccc2)CC1. The Labute approximate surface area is 121 Å². The molecule has 1 heterocycles. The van der Waals surface area contributed by atoms with E-state index in [0.29, 0.717) is 12.6 Å². The number of rotatable bonds is 7. The summed E-state index contributed by atoms with van der Waals surface area (Å²) in [7, 11) is 1.71. The Morgan fingerprint density at radius 1 is 1.30 bits per heavy atom. The standard InChI is InChI=1S/C16H26N2O2/c1-20-13-15(9-12-19)17-14-7-10-18(11-8-14)16-5-3-2-4-6-16/h2-6,14-15,17,19H,7-13H2,1H3. The molecule has 2 N–H and O–H groups in total. The Bertz CT molecular complexity index is 358. The molecule has 0 aliphatic carbocycles. The van der Waals surface area contributed by atoms with Crippen LogP contribution in [0.4, 0.5) is 5.69 Å². The lowest BCUT2D eigenvalue weighted by Gasteiger charge is -2.35. The summed E-state index contributed by atoms with van der Waals surface area (Å²) in [5.41, 5.74) is 1.31. The molecular formula is C16H26N2O2. The third kappa shape index (κ3) is 4.47. The van der Waals surface area contributed by atoms with Crippen molar-refractivity contribution in [3.63, 3.8) is 0 Å². The normalized spacial score (nSPS) is 18.2. The Hall–Kier alpha value is -1.10. The molecule has 1 aliphatic rings. The highest BCUT2D eigenvalue weighted by Crippen LogP contribution is 2.19. The molecule has 4 heteroatoms. The van der Waals surface area contributed by atoms with E-state index in [4.69, 9.17) is 9.84 Å². The van der Waals surface area contributed by atoms with Gasteiger partial charge in [-0.25, -0.2) is 0 Å². The number of ether oxygens (including phenoxy) is 1.